The molecule has 0 spiro atoms. The average molecular weight is 1000 g/mol. The summed E-state index contributed by atoms with van der Waals surface area (Å²) < 4.78 is 16.5. The van der Waals surface area contributed by atoms with Crippen LogP contribution in [-0.4, -0.2) is 26.6 Å². The first-order valence-corrected chi connectivity index (χ1v) is 35.2. The standard InChI is InChI=1S/C63H83NO2P2Si2/c1-9-15-41-69(42-16-10-2,43-17-11-3)50-37-35-49(36-38-50)68(61-34-26-33-59-62(61)55-28-22-24-32-58(55)65-59)64(48(7)8)67-60-40-39-51(70(44-18-12-4,45-19-13-5)46-20-14-6)47-56(60)54-30-25-29-53-52-27-21-23-31-57(52)66-63(53)54/h21-40,47-48,67H,9-20,41-46H2,1-8H3. The van der Waals surface area contributed by atoms with Gasteiger partial charge in [-0.15, -0.1) is 0 Å². The van der Waals surface area contributed by atoms with Crippen molar-refractivity contribution in [1.82, 2.24) is 4.44 Å². The Morgan fingerprint density at radius 1 is 0.471 bits per heavy atom. The van der Waals surface area contributed by atoms with E-state index in [9.17, 15) is 0 Å². The molecule has 8 rings (SSSR count). The molecule has 70 heavy (non-hydrogen) atoms. The van der Waals surface area contributed by atoms with E-state index in [0.29, 0.717) is 8.73 Å². The van der Waals surface area contributed by atoms with E-state index >= 15 is 0 Å². The second kappa shape index (κ2) is 24.7. The fourth-order valence-electron chi connectivity index (χ4n) is 11.7. The number of hydrogen-bond acceptors (Lipinski definition) is 3. The van der Waals surface area contributed by atoms with Crippen LogP contribution in [0.1, 0.15) is 132 Å². The van der Waals surface area contributed by atoms with Crippen LogP contribution in [0.15, 0.2) is 136 Å². The number of unbranched alkanes of at least 4 members (excludes halogenated alkanes) is 6. The van der Waals surface area contributed by atoms with Crippen LogP contribution < -0.4 is 26.3 Å². The third-order valence-corrected chi connectivity index (χ3v) is 31.4. The molecule has 2 aromatic heterocycles. The smallest absolute Gasteiger partial charge is 0.143 e. The van der Waals surface area contributed by atoms with Crippen molar-refractivity contribution in [2.75, 3.05) is 0 Å². The summed E-state index contributed by atoms with van der Waals surface area (Å²) >= 11 is 0. The normalized spacial score (nSPS) is 13.2. The summed E-state index contributed by atoms with van der Waals surface area (Å²) in [5.41, 5.74) is 6.52. The molecule has 0 aliphatic carbocycles. The van der Waals surface area contributed by atoms with Crippen molar-refractivity contribution in [2.45, 2.75) is 175 Å². The molecule has 0 bridgehead atoms. The second-order valence-electron chi connectivity index (χ2n) is 20.9. The molecule has 0 saturated heterocycles. The Morgan fingerprint density at radius 3 is 1.53 bits per heavy atom. The maximum absolute atomic E-state index is 6.94. The molecule has 0 N–H and O–H groups in total. The molecule has 2 atom stereocenters. The zero-order chi connectivity index (χ0) is 49.1. The van der Waals surface area contributed by atoms with E-state index in [4.69, 9.17) is 8.83 Å². The highest BCUT2D eigenvalue weighted by molar-refractivity contribution is 7.77. The van der Waals surface area contributed by atoms with Crippen LogP contribution in [0.25, 0.3) is 55.0 Å². The van der Waals surface area contributed by atoms with E-state index in [1.165, 1.54) is 162 Å². The van der Waals surface area contributed by atoms with Crippen molar-refractivity contribution in [3.63, 3.8) is 0 Å². The second-order valence-corrected chi connectivity index (χ2v) is 33.8. The van der Waals surface area contributed by atoms with Crippen LogP contribution >= 0.6 is 16.8 Å². The molecule has 8 aromatic rings. The lowest BCUT2D eigenvalue weighted by Gasteiger charge is -2.38. The van der Waals surface area contributed by atoms with Gasteiger partial charge in [0.2, 0.25) is 0 Å². The number of hydrogen-bond donors (Lipinski definition) is 0. The third kappa shape index (κ3) is 11.2. The molecule has 0 radical (unpaired) electrons. The van der Waals surface area contributed by atoms with Crippen LogP contribution in [0.3, 0.4) is 0 Å². The number of furan rings is 2. The molecule has 2 unspecified atom stereocenters. The number of rotatable bonds is 27. The molecule has 0 saturated carbocycles. The van der Waals surface area contributed by atoms with Gasteiger partial charge in [-0.1, -0.05) is 274 Å². The molecular formula is C63H83NO2P2Si2. The van der Waals surface area contributed by atoms with E-state index in [2.05, 4.69) is 187 Å². The highest BCUT2D eigenvalue weighted by atomic mass is 31.2. The Balaban J connectivity index is 1.35. The van der Waals surface area contributed by atoms with Crippen LogP contribution in [0.2, 0.25) is 36.3 Å². The van der Waals surface area contributed by atoms with Crippen molar-refractivity contribution in [3.8, 4) is 11.1 Å². The van der Waals surface area contributed by atoms with Gasteiger partial charge in [-0.25, -0.2) is 4.44 Å². The molecule has 370 valence electrons. The topological polar surface area (TPSA) is 29.5 Å². The average Bonchev–Trinajstić information content (AvgIpc) is 3.98. The van der Waals surface area contributed by atoms with Crippen molar-refractivity contribution in [2.24, 2.45) is 0 Å². The van der Waals surface area contributed by atoms with E-state index in [-0.39, 0.29) is 6.04 Å². The Morgan fingerprint density at radius 2 is 0.957 bits per heavy atom. The Labute approximate surface area is 427 Å². The zero-order valence-corrected chi connectivity index (χ0v) is 48.0. The molecule has 0 aliphatic heterocycles. The van der Waals surface area contributed by atoms with Gasteiger partial charge in [-0.05, 0) is 57.0 Å². The van der Waals surface area contributed by atoms with Gasteiger partial charge in [0.25, 0.3) is 0 Å². The largest absolute Gasteiger partial charge is 0.456 e. The summed E-state index contributed by atoms with van der Waals surface area (Å²) in [5, 5.41) is 12.5. The third-order valence-electron chi connectivity index (χ3n) is 15.7. The lowest BCUT2D eigenvalue weighted by Crippen LogP contribution is -2.48. The SMILES string of the molecule is CCCC[Si](CCCC)(CCCC)c1ccc(P(c2cccc3oc4ccccc4c23)N(Pc2ccc([Si](CCCC)(CCCC)CCCC)cc2-c2cccc3c2oc2ccccc23)C(C)C)cc1. The van der Waals surface area contributed by atoms with Gasteiger partial charge < -0.3 is 8.83 Å². The number of fused-ring (bicyclic) bond motifs is 6. The van der Waals surface area contributed by atoms with Crippen molar-refractivity contribution >= 4 is 103 Å². The van der Waals surface area contributed by atoms with Crippen LogP contribution in [0.4, 0.5) is 0 Å². The molecule has 2 heterocycles. The fourth-order valence-corrected chi connectivity index (χ4v) is 27.5. The molecular weight excluding hydrogens is 921 g/mol. The molecule has 6 aromatic carbocycles. The van der Waals surface area contributed by atoms with Gasteiger partial charge in [-0.2, -0.15) is 0 Å². The maximum Gasteiger partial charge on any atom is 0.143 e. The predicted octanol–water partition coefficient (Wildman–Crippen LogP) is 18.2. The number of nitrogens with zero attached hydrogens (tertiary/aromatic N) is 1. The summed E-state index contributed by atoms with van der Waals surface area (Å²) in [7, 11) is -4.13. The quantitative estimate of drug-likeness (QED) is 0.0380. The Bertz CT molecular complexity index is 2870. The van der Waals surface area contributed by atoms with Gasteiger partial charge in [0, 0.05) is 46.5 Å². The van der Waals surface area contributed by atoms with E-state index in [0.717, 1.165) is 22.3 Å². The molecule has 7 heteroatoms. The minimum Gasteiger partial charge on any atom is -0.456 e. The van der Waals surface area contributed by atoms with Crippen LogP contribution in [0.5, 0.6) is 0 Å². The summed E-state index contributed by atoms with van der Waals surface area (Å²) in [5.74, 6) is 0. The highest BCUT2D eigenvalue weighted by Crippen LogP contribution is 2.51. The first kappa shape index (κ1) is 52.5. The van der Waals surface area contributed by atoms with Crippen LogP contribution in [0, 0.1) is 0 Å². The summed E-state index contributed by atoms with van der Waals surface area (Å²) in [4.78, 5) is 0. The van der Waals surface area contributed by atoms with Crippen molar-refractivity contribution in [3.05, 3.63) is 127 Å². The monoisotopic (exact) mass is 1000 g/mol. The van der Waals surface area contributed by atoms with Gasteiger partial charge in [0.15, 0.2) is 0 Å². The predicted molar refractivity (Wildman–Crippen MR) is 319 cm³/mol. The van der Waals surface area contributed by atoms with Crippen molar-refractivity contribution in [1.29, 1.82) is 0 Å². The van der Waals surface area contributed by atoms with E-state index < -0.39 is 24.2 Å². The summed E-state index contributed by atoms with van der Waals surface area (Å²) in [6.45, 7) is 19.2. The summed E-state index contributed by atoms with van der Waals surface area (Å²) in [6.07, 6.45) is 15.6. The number of benzene rings is 6. The Kier molecular flexibility index (Phi) is 18.5. The fraction of sp³-hybridized carbons (Fsp3) is 0.429. The van der Waals surface area contributed by atoms with Gasteiger partial charge in [-0.3, -0.25) is 0 Å². The zero-order valence-electron chi connectivity index (χ0n) is 44.1. The highest BCUT2D eigenvalue weighted by Gasteiger charge is 2.37. The molecule has 0 aliphatic rings. The van der Waals surface area contributed by atoms with Gasteiger partial charge >= 0.3 is 0 Å². The van der Waals surface area contributed by atoms with Gasteiger partial charge in [0.05, 0.1) is 16.1 Å². The summed E-state index contributed by atoms with van der Waals surface area (Å²) in [6, 6.07) is 58.1. The van der Waals surface area contributed by atoms with E-state index in [1.807, 2.05) is 0 Å². The van der Waals surface area contributed by atoms with E-state index in [1.54, 1.807) is 10.4 Å². The van der Waals surface area contributed by atoms with Crippen LogP contribution in [-0.2, 0) is 0 Å². The molecule has 3 nitrogen and oxygen atoms in total. The lowest BCUT2D eigenvalue weighted by atomic mass is 10.0. The minimum atomic E-state index is -1.85. The maximum atomic E-state index is 6.94. The molecule has 0 fully saturated rings. The first-order valence-electron chi connectivity index (χ1n) is 27.7. The Hall–Kier alpha value is -3.83. The first-order chi connectivity index (χ1) is 34.2. The lowest BCUT2D eigenvalue weighted by molar-refractivity contribution is 0.588. The van der Waals surface area contributed by atoms with Crippen molar-refractivity contribution < 1.29 is 8.83 Å². The molecule has 0 amide bonds. The number of para-hydroxylation sites is 3. The minimum absolute atomic E-state index is 0.270. The van der Waals surface area contributed by atoms with Gasteiger partial charge in [0.1, 0.15) is 22.3 Å².